The normalized spacial score (nSPS) is 14.9. The lowest BCUT2D eigenvalue weighted by molar-refractivity contribution is -0.122. The van der Waals surface area contributed by atoms with Crippen LogP contribution >= 0.6 is 0 Å². The van der Waals surface area contributed by atoms with Gasteiger partial charge in [0.25, 0.3) is 11.8 Å². The molecule has 0 saturated heterocycles. The van der Waals surface area contributed by atoms with Crippen LogP contribution in [0.5, 0.6) is 5.75 Å². The Hall–Kier alpha value is -4.40. The van der Waals surface area contributed by atoms with Crippen molar-refractivity contribution in [1.82, 2.24) is 14.3 Å². The number of halogens is 1. The summed E-state index contributed by atoms with van der Waals surface area (Å²) in [5.41, 5.74) is 1.90. The number of carbonyl (C=O) groups excluding carboxylic acids is 2. The quantitative estimate of drug-likeness (QED) is 0.515. The molecule has 0 aliphatic carbocycles. The van der Waals surface area contributed by atoms with Crippen molar-refractivity contribution in [1.29, 1.82) is 0 Å². The zero-order valence-corrected chi connectivity index (χ0v) is 16.9. The summed E-state index contributed by atoms with van der Waals surface area (Å²) in [5, 5.41) is 9.96. The molecule has 0 spiro atoms. The molecule has 2 amide bonds. The maximum Gasteiger partial charge on any atom is 0.265 e. The second-order valence-electron chi connectivity index (χ2n) is 7.27. The monoisotopic (exact) mass is 431 g/mol. The predicted octanol–water partition coefficient (Wildman–Crippen LogP) is 3.77. The first-order chi connectivity index (χ1) is 15.5. The van der Waals surface area contributed by atoms with E-state index in [1.807, 2.05) is 12.1 Å². The third kappa shape index (κ3) is 3.49. The van der Waals surface area contributed by atoms with Gasteiger partial charge in [0.15, 0.2) is 11.9 Å². The van der Waals surface area contributed by atoms with Crippen molar-refractivity contribution in [3.8, 4) is 17.3 Å². The van der Waals surface area contributed by atoms with Crippen molar-refractivity contribution in [3.63, 3.8) is 0 Å². The number of ether oxygens (including phenoxy) is 1. The topological polar surface area (TPSA) is 90.2 Å². The van der Waals surface area contributed by atoms with E-state index in [1.165, 1.54) is 18.3 Å². The fourth-order valence-electron chi connectivity index (χ4n) is 3.48. The maximum absolute atomic E-state index is 13.4. The molecule has 1 aliphatic rings. The lowest BCUT2D eigenvalue weighted by atomic mass is 10.2. The van der Waals surface area contributed by atoms with Crippen molar-refractivity contribution in [2.75, 3.05) is 10.6 Å². The third-order valence-corrected chi connectivity index (χ3v) is 5.08. The van der Waals surface area contributed by atoms with E-state index < -0.39 is 12.0 Å². The lowest BCUT2D eigenvalue weighted by Gasteiger charge is -2.23. The van der Waals surface area contributed by atoms with Crippen LogP contribution in [0.3, 0.4) is 0 Å². The summed E-state index contributed by atoms with van der Waals surface area (Å²) in [6, 6.07) is 14.5. The molecule has 1 unspecified atom stereocenters. The van der Waals surface area contributed by atoms with Crippen LogP contribution in [-0.2, 0) is 4.79 Å². The van der Waals surface area contributed by atoms with E-state index in [4.69, 9.17) is 4.74 Å². The first-order valence-electron chi connectivity index (χ1n) is 9.90. The van der Waals surface area contributed by atoms with Crippen molar-refractivity contribution in [2.45, 2.75) is 13.0 Å². The minimum absolute atomic E-state index is 0.253. The second kappa shape index (κ2) is 7.69. The molecular weight excluding hydrogens is 413 g/mol. The second-order valence-corrected chi connectivity index (χ2v) is 7.27. The highest BCUT2D eigenvalue weighted by molar-refractivity contribution is 6.07. The average Bonchev–Trinajstić information content (AvgIpc) is 3.45. The smallest absolute Gasteiger partial charge is 0.265 e. The highest BCUT2D eigenvalue weighted by atomic mass is 19.1. The molecule has 0 radical (unpaired) electrons. The van der Waals surface area contributed by atoms with Crippen molar-refractivity contribution in [2.24, 2.45) is 0 Å². The van der Waals surface area contributed by atoms with Crippen molar-refractivity contribution in [3.05, 3.63) is 84.6 Å². The standard InChI is InChI=1S/C23H18FN5O3/c1-14-21(30)27-19-12-16(6-9-20(19)32-14)26-22(31)18-13-25-29(17-7-4-15(24)5-8-17)23(18)28-10-2-3-11-28/h2-14H,1H3,(H,26,31)(H,27,30). The number of nitrogens with zero attached hydrogens (tertiary/aromatic N) is 3. The van der Waals surface area contributed by atoms with E-state index in [1.54, 1.807) is 58.9 Å². The minimum Gasteiger partial charge on any atom is -0.479 e. The molecule has 2 aromatic heterocycles. The summed E-state index contributed by atoms with van der Waals surface area (Å²) >= 11 is 0. The van der Waals surface area contributed by atoms with E-state index in [-0.39, 0.29) is 11.7 Å². The number of carbonyl (C=O) groups is 2. The summed E-state index contributed by atoms with van der Waals surface area (Å²) in [5.74, 6) is 0.0314. The van der Waals surface area contributed by atoms with Gasteiger partial charge in [0.05, 0.1) is 17.6 Å². The average molecular weight is 431 g/mol. The first kappa shape index (κ1) is 19.6. The Balaban J connectivity index is 1.49. The fourth-order valence-corrected chi connectivity index (χ4v) is 3.48. The number of nitrogens with one attached hydrogen (secondary N) is 2. The number of aromatic nitrogens is 3. The summed E-state index contributed by atoms with van der Waals surface area (Å²) in [6.07, 6.45) is 4.46. The number of hydrogen-bond acceptors (Lipinski definition) is 4. The Morgan fingerprint density at radius 1 is 1.16 bits per heavy atom. The molecule has 0 saturated carbocycles. The summed E-state index contributed by atoms with van der Waals surface area (Å²) in [6.45, 7) is 1.66. The van der Waals surface area contributed by atoms with Crippen LogP contribution in [0, 0.1) is 5.82 Å². The molecule has 1 atom stereocenters. The van der Waals surface area contributed by atoms with Crippen LogP contribution in [-0.4, -0.2) is 32.3 Å². The minimum atomic E-state index is -0.579. The maximum atomic E-state index is 13.4. The van der Waals surface area contributed by atoms with Crippen LogP contribution < -0.4 is 15.4 Å². The van der Waals surface area contributed by atoms with Gasteiger partial charge in [-0.25, -0.2) is 9.07 Å². The van der Waals surface area contributed by atoms with E-state index in [2.05, 4.69) is 15.7 Å². The van der Waals surface area contributed by atoms with Gasteiger partial charge >= 0.3 is 0 Å². The zero-order valence-electron chi connectivity index (χ0n) is 16.9. The molecule has 5 rings (SSSR count). The Labute approximate surface area is 182 Å². The molecule has 2 aromatic carbocycles. The molecule has 4 aromatic rings. The summed E-state index contributed by atoms with van der Waals surface area (Å²) in [7, 11) is 0. The van der Waals surface area contributed by atoms with Gasteiger partial charge in [-0.3, -0.25) is 9.59 Å². The van der Waals surface area contributed by atoms with Crippen LogP contribution in [0.4, 0.5) is 15.8 Å². The number of fused-ring (bicyclic) bond motifs is 1. The molecule has 9 heteroatoms. The van der Waals surface area contributed by atoms with E-state index in [0.717, 1.165) is 0 Å². The van der Waals surface area contributed by atoms with E-state index in [9.17, 15) is 14.0 Å². The fraction of sp³-hybridized carbons (Fsp3) is 0.0870. The van der Waals surface area contributed by atoms with Gasteiger partial charge < -0.3 is 19.9 Å². The lowest BCUT2D eigenvalue weighted by Crippen LogP contribution is -2.34. The predicted molar refractivity (Wildman–Crippen MR) is 116 cm³/mol. The van der Waals surface area contributed by atoms with Gasteiger partial charge in [0.2, 0.25) is 0 Å². The summed E-state index contributed by atoms with van der Waals surface area (Å²) in [4.78, 5) is 25.0. The first-order valence-corrected chi connectivity index (χ1v) is 9.90. The van der Waals surface area contributed by atoms with Gasteiger partial charge in [-0.2, -0.15) is 5.10 Å². The van der Waals surface area contributed by atoms with Gasteiger partial charge in [-0.05, 0) is 61.5 Å². The Morgan fingerprint density at radius 3 is 2.66 bits per heavy atom. The van der Waals surface area contributed by atoms with Crippen molar-refractivity contribution >= 4 is 23.2 Å². The van der Waals surface area contributed by atoms with Crippen LogP contribution in [0.15, 0.2) is 73.2 Å². The molecule has 2 N–H and O–H groups in total. The number of hydrogen-bond donors (Lipinski definition) is 2. The Kier molecular flexibility index (Phi) is 4.70. The number of rotatable bonds is 4. The molecule has 3 heterocycles. The van der Waals surface area contributed by atoms with Crippen molar-refractivity contribution < 1.29 is 18.7 Å². The van der Waals surface area contributed by atoms with E-state index in [0.29, 0.717) is 34.2 Å². The highest BCUT2D eigenvalue weighted by Gasteiger charge is 2.25. The largest absolute Gasteiger partial charge is 0.479 e. The molecule has 160 valence electrons. The number of amides is 2. The zero-order chi connectivity index (χ0) is 22.2. The molecular formula is C23H18FN5O3. The number of benzene rings is 2. The Bertz CT molecular complexity index is 1310. The molecule has 32 heavy (non-hydrogen) atoms. The summed E-state index contributed by atoms with van der Waals surface area (Å²) < 4.78 is 22.3. The Morgan fingerprint density at radius 2 is 1.91 bits per heavy atom. The van der Waals surface area contributed by atoms with Crippen LogP contribution in [0.1, 0.15) is 17.3 Å². The molecule has 0 bridgehead atoms. The molecule has 1 aliphatic heterocycles. The van der Waals surface area contributed by atoms with Crippen LogP contribution in [0.2, 0.25) is 0 Å². The SMILES string of the molecule is CC1Oc2ccc(NC(=O)c3cnn(-c4ccc(F)cc4)c3-n3cccc3)cc2NC1=O. The number of anilines is 2. The van der Waals surface area contributed by atoms with Gasteiger partial charge in [0.1, 0.15) is 17.1 Å². The van der Waals surface area contributed by atoms with Crippen LogP contribution in [0.25, 0.3) is 11.5 Å². The molecule has 0 fully saturated rings. The molecule has 8 nitrogen and oxygen atoms in total. The third-order valence-electron chi connectivity index (χ3n) is 5.08. The van der Waals surface area contributed by atoms with E-state index >= 15 is 0 Å². The van der Waals surface area contributed by atoms with Gasteiger partial charge in [-0.1, -0.05) is 0 Å². The highest BCUT2D eigenvalue weighted by Crippen LogP contribution is 2.32. The van der Waals surface area contributed by atoms with Gasteiger partial charge in [-0.15, -0.1) is 0 Å². The van der Waals surface area contributed by atoms with Gasteiger partial charge in [0, 0.05) is 18.1 Å².